The van der Waals surface area contributed by atoms with Crippen molar-refractivity contribution < 1.29 is 4.74 Å². The van der Waals surface area contributed by atoms with Gasteiger partial charge in [0.05, 0.1) is 12.0 Å². The van der Waals surface area contributed by atoms with Gasteiger partial charge in [0.1, 0.15) is 5.75 Å². The van der Waals surface area contributed by atoms with Crippen LogP contribution >= 0.6 is 11.6 Å². The van der Waals surface area contributed by atoms with Crippen molar-refractivity contribution in [3.8, 4) is 5.75 Å². The molecule has 1 N–H and O–H groups in total. The number of methoxy groups -OCH3 is 1. The van der Waals surface area contributed by atoms with E-state index in [2.05, 4.69) is 17.4 Å². The minimum absolute atomic E-state index is 0.120. The van der Waals surface area contributed by atoms with Gasteiger partial charge in [-0.1, -0.05) is 12.1 Å². The van der Waals surface area contributed by atoms with Crippen molar-refractivity contribution in [1.82, 2.24) is 5.32 Å². The molecule has 0 saturated carbocycles. The summed E-state index contributed by atoms with van der Waals surface area (Å²) in [5, 5.41) is 3.36. The molecular weight excluding hydrogens is 222 g/mol. The van der Waals surface area contributed by atoms with Crippen molar-refractivity contribution in [2.75, 3.05) is 20.2 Å². The second-order valence-corrected chi connectivity index (χ2v) is 5.26. The Morgan fingerprint density at radius 3 is 3.06 bits per heavy atom. The summed E-state index contributed by atoms with van der Waals surface area (Å²) in [5.74, 6) is 0.904. The van der Waals surface area contributed by atoms with Crippen molar-refractivity contribution in [1.29, 1.82) is 0 Å². The molecule has 1 saturated heterocycles. The first-order valence-electron chi connectivity index (χ1n) is 5.74. The molecule has 1 aliphatic rings. The van der Waals surface area contributed by atoms with Crippen molar-refractivity contribution in [3.05, 3.63) is 29.8 Å². The highest BCUT2D eigenvalue weighted by Crippen LogP contribution is 2.29. The Labute approximate surface area is 102 Å². The third-order valence-corrected chi connectivity index (χ3v) is 3.53. The zero-order valence-corrected chi connectivity index (χ0v) is 10.4. The Bertz CT molecular complexity index is 348. The van der Waals surface area contributed by atoms with Gasteiger partial charge in [-0.25, -0.2) is 0 Å². The molecule has 1 unspecified atom stereocenters. The molecule has 0 radical (unpaired) electrons. The van der Waals surface area contributed by atoms with Crippen molar-refractivity contribution >= 4 is 11.6 Å². The lowest BCUT2D eigenvalue weighted by molar-refractivity contribution is 0.401. The molecule has 1 aromatic carbocycles. The van der Waals surface area contributed by atoms with E-state index in [9.17, 15) is 0 Å². The van der Waals surface area contributed by atoms with Crippen LogP contribution in [-0.4, -0.2) is 25.1 Å². The molecule has 0 aliphatic carbocycles. The fraction of sp³-hybridized carbons (Fsp3) is 0.538. The number of ether oxygens (including phenoxy) is 1. The summed E-state index contributed by atoms with van der Waals surface area (Å²) in [7, 11) is 1.69. The third kappa shape index (κ3) is 2.89. The molecule has 0 bridgehead atoms. The first-order valence-corrected chi connectivity index (χ1v) is 6.12. The largest absolute Gasteiger partial charge is 0.497 e. The van der Waals surface area contributed by atoms with E-state index < -0.39 is 0 Å². The molecule has 3 heteroatoms. The molecule has 0 aromatic heterocycles. The average molecular weight is 240 g/mol. The van der Waals surface area contributed by atoms with Crippen molar-refractivity contribution in [2.24, 2.45) is 0 Å². The van der Waals surface area contributed by atoms with Gasteiger partial charge in [0.25, 0.3) is 0 Å². The second-order valence-electron chi connectivity index (χ2n) is 4.46. The highest BCUT2D eigenvalue weighted by atomic mass is 35.5. The van der Waals surface area contributed by atoms with Gasteiger partial charge in [0.15, 0.2) is 0 Å². The van der Waals surface area contributed by atoms with Gasteiger partial charge in [0.2, 0.25) is 0 Å². The number of rotatable bonds is 3. The van der Waals surface area contributed by atoms with Gasteiger partial charge < -0.3 is 10.1 Å². The van der Waals surface area contributed by atoms with Crippen LogP contribution in [0.3, 0.4) is 0 Å². The van der Waals surface area contributed by atoms with Crippen LogP contribution in [0.25, 0.3) is 0 Å². The van der Waals surface area contributed by atoms with Crippen LogP contribution in [-0.2, 0) is 6.42 Å². The third-order valence-electron chi connectivity index (χ3n) is 3.08. The lowest BCUT2D eigenvalue weighted by Crippen LogP contribution is -2.42. The van der Waals surface area contributed by atoms with E-state index >= 15 is 0 Å². The van der Waals surface area contributed by atoms with Crippen LogP contribution in [0.1, 0.15) is 18.4 Å². The van der Waals surface area contributed by atoms with Crippen LogP contribution < -0.4 is 10.1 Å². The fourth-order valence-corrected chi connectivity index (χ4v) is 2.61. The standard InChI is InChI=1S/C13H18ClNO/c1-16-12-5-2-4-11(8-12)9-13(14)6-3-7-15-10-13/h2,4-5,8,15H,3,6-7,9-10H2,1H3. The Balaban J connectivity index is 2.07. The smallest absolute Gasteiger partial charge is 0.119 e. The minimum Gasteiger partial charge on any atom is -0.497 e. The van der Waals surface area contributed by atoms with Gasteiger partial charge in [-0.3, -0.25) is 0 Å². The maximum absolute atomic E-state index is 6.60. The molecular formula is C13H18ClNO. The van der Waals surface area contributed by atoms with E-state index in [0.717, 1.165) is 38.1 Å². The molecule has 2 rings (SSSR count). The number of alkyl halides is 1. The predicted molar refractivity (Wildman–Crippen MR) is 67.4 cm³/mol. The van der Waals surface area contributed by atoms with E-state index in [0.29, 0.717) is 0 Å². The average Bonchev–Trinajstić information content (AvgIpc) is 2.29. The summed E-state index contributed by atoms with van der Waals surface area (Å²) in [6.07, 6.45) is 3.14. The van der Waals surface area contributed by atoms with Gasteiger partial charge in [-0.05, 0) is 43.5 Å². The second kappa shape index (κ2) is 5.07. The summed E-state index contributed by atoms with van der Waals surface area (Å²) in [6, 6.07) is 8.16. The Morgan fingerprint density at radius 2 is 2.38 bits per heavy atom. The Morgan fingerprint density at radius 1 is 1.50 bits per heavy atom. The maximum Gasteiger partial charge on any atom is 0.119 e. The molecule has 1 aromatic rings. The molecule has 1 fully saturated rings. The van der Waals surface area contributed by atoms with E-state index in [1.807, 2.05) is 12.1 Å². The van der Waals surface area contributed by atoms with Gasteiger partial charge in [-0.15, -0.1) is 11.6 Å². The first kappa shape index (κ1) is 11.7. The van der Waals surface area contributed by atoms with Crippen LogP contribution in [0.5, 0.6) is 5.75 Å². The fourth-order valence-electron chi connectivity index (χ4n) is 2.23. The van der Waals surface area contributed by atoms with Gasteiger partial charge in [0, 0.05) is 6.54 Å². The number of hydrogen-bond donors (Lipinski definition) is 1. The van der Waals surface area contributed by atoms with Crippen LogP contribution in [0.15, 0.2) is 24.3 Å². The molecule has 0 amide bonds. The maximum atomic E-state index is 6.60. The van der Waals surface area contributed by atoms with Crippen LogP contribution in [0.2, 0.25) is 0 Å². The van der Waals surface area contributed by atoms with Gasteiger partial charge >= 0.3 is 0 Å². The lowest BCUT2D eigenvalue weighted by Gasteiger charge is -2.31. The number of hydrogen-bond acceptors (Lipinski definition) is 2. The molecule has 1 heterocycles. The number of nitrogens with one attached hydrogen (secondary N) is 1. The quantitative estimate of drug-likeness (QED) is 0.819. The zero-order chi connectivity index (χ0) is 11.4. The van der Waals surface area contributed by atoms with E-state index in [4.69, 9.17) is 16.3 Å². The molecule has 0 spiro atoms. The summed E-state index contributed by atoms with van der Waals surface area (Å²) in [6.45, 7) is 1.98. The summed E-state index contributed by atoms with van der Waals surface area (Å²) >= 11 is 6.60. The zero-order valence-electron chi connectivity index (χ0n) is 9.63. The SMILES string of the molecule is COc1cccc(CC2(Cl)CCCNC2)c1. The van der Waals surface area contributed by atoms with Crippen LogP contribution in [0.4, 0.5) is 0 Å². The van der Waals surface area contributed by atoms with Crippen molar-refractivity contribution in [2.45, 2.75) is 24.1 Å². The minimum atomic E-state index is -0.120. The monoisotopic (exact) mass is 239 g/mol. The summed E-state index contributed by atoms with van der Waals surface area (Å²) in [5.41, 5.74) is 1.25. The number of benzene rings is 1. The van der Waals surface area contributed by atoms with Gasteiger partial charge in [-0.2, -0.15) is 0 Å². The molecule has 1 aliphatic heterocycles. The molecule has 2 nitrogen and oxygen atoms in total. The molecule has 16 heavy (non-hydrogen) atoms. The molecule has 1 atom stereocenters. The highest BCUT2D eigenvalue weighted by molar-refractivity contribution is 6.24. The predicted octanol–water partition coefficient (Wildman–Crippen LogP) is 2.60. The van der Waals surface area contributed by atoms with E-state index in [-0.39, 0.29) is 4.87 Å². The first-order chi connectivity index (χ1) is 7.72. The Kier molecular flexibility index (Phi) is 3.72. The highest BCUT2D eigenvalue weighted by Gasteiger charge is 2.29. The normalized spacial score (nSPS) is 25.4. The van der Waals surface area contributed by atoms with E-state index in [1.54, 1.807) is 7.11 Å². The summed E-state index contributed by atoms with van der Waals surface area (Å²) < 4.78 is 5.22. The topological polar surface area (TPSA) is 21.3 Å². The Hall–Kier alpha value is -0.730. The van der Waals surface area contributed by atoms with Crippen LogP contribution in [0, 0.1) is 0 Å². The number of halogens is 1. The van der Waals surface area contributed by atoms with Crippen molar-refractivity contribution in [3.63, 3.8) is 0 Å². The van der Waals surface area contributed by atoms with E-state index in [1.165, 1.54) is 5.56 Å². The molecule has 88 valence electrons. The summed E-state index contributed by atoms with van der Waals surface area (Å²) in [4.78, 5) is -0.120. The lowest BCUT2D eigenvalue weighted by atomic mass is 9.91. The number of piperidine rings is 1.